The molecule has 0 fully saturated rings. The Kier molecular flexibility index (Phi) is 4.89. The summed E-state index contributed by atoms with van der Waals surface area (Å²) >= 11 is 3.19. The number of H-pyrrole nitrogens is 1. The van der Waals surface area contributed by atoms with Gasteiger partial charge in [0.15, 0.2) is 0 Å². The van der Waals surface area contributed by atoms with Crippen LogP contribution in [0.15, 0.2) is 29.1 Å². The second kappa shape index (κ2) is 7.68. The van der Waals surface area contributed by atoms with E-state index in [4.69, 9.17) is 4.74 Å². The Labute approximate surface area is 174 Å². The topological polar surface area (TPSA) is 84.9 Å². The van der Waals surface area contributed by atoms with Crippen molar-refractivity contribution in [3.63, 3.8) is 0 Å². The number of aromatic nitrogens is 3. The molecule has 0 bridgehead atoms. The van der Waals surface area contributed by atoms with Crippen LogP contribution in [0.3, 0.4) is 0 Å². The average molecular weight is 426 g/mol. The number of thiazole rings is 1. The predicted octanol–water partition coefficient (Wildman–Crippen LogP) is 4.15. The number of thiophene rings is 1. The van der Waals surface area contributed by atoms with Gasteiger partial charge in [0.1, 0.15) is 17.3 Å². The number of hydrogen-bond acceptors (Lipinski definition) is 7. The van der Waals surface area contributed by atoms with Crippen molar-refractivity contribution in [2.24, 2.45) is 0 Å². The zero-order valence-corrected chi connectivity index (χ0v) is 17.3. The maximum atomic E-state index is 12.5. The van der Waals surface area contributed by atoms with Gasteiger partial charge in [0, 0.05) is 11.3 Å². The number of hydrogen-bond donors (Lipinski definition) is 1. The predicted molar refractivity (Wildman–Crippen MR) is 115 cm³/mol. The first-order valence-corrected chi connectivity index (χ1v) is 11.3. The molecule has 1 aliphatic carbocycles. The summed E-state index contributed by atoms with van der Waals surface area (Å²) in [5.41, 5.74) is 1.98. The summed E-state index contributed by atoms with van der Waals surface area (Å²) in [6.45, 7) is -0.0214. The third-order valence-corrected chi connectivity index (χ3v) is 7.41. The summed E-state index contributed by atoms with van der Waals surface area (Å²) in [6, 6.07) is 7.92. The molecule has 8 heteroatoms. The number of aryl methyl sites for hydroxylation is 3. The van der Waals surface area contributed by atoms with Crippen LogP contribution in [0.4, 0.5) is 0 Å². The molecular formula is C21H19N3O3S2. The first kappa shape index (κ1) is 18.4. The van der Waals surface area contributed by atoms with Crippen LogP contribution in [0.1, 0.15) is 40.5 Å². The SMILES string of the molecule is O=C(CCc1nc2ccccc2s1)OCc1nc2sc3c(c2c(=O)[nH]1)CCCC3. The average Bonchev–Trinajstić information content (AvgIpc) is 3.31. The van der Waals surface area contributed by atoms with Gasteiger partial charge in [0.05, 0.1) is 27.0 Å². The third-order valence-electron chi connectivity index (χ3n) is 5.13. The van der Waals surface area contributed by atoms with Crippen molar-refractivity contribution in [3.8, 4) is 0 Å². The monoisotopic (exact) mass is 425 g/mol. The number of carbonyl (C=O) groups excluding carboxylic acids is 1. The molecule has 0 saturated carbocycles. The molecule has 0 atom stereocenters. The molecule has 4 aromatic rings. The van der Waals surface area contributed by atoms with Crippen molar-refractivity contribution in [1.82, 2.24) is 15.0 Å². The lowest BCUT2D eigenvalue weighted by Gasteiger charge is -2.09. The van der Waals surface area contributed by atoms with Crippen LogP contribution in [0, 0.1) is 0 Å². The Morgan fingerprint density at radius 2 is 2.00 bits per heavy atom. The Morgan fingerprint density at radius 3 is 2.90 bits per heavy atom. The van der Waals surface area contributed by atoms with Gasteiger partial charge in [0.2, 0.25) is 0 Å². The van der Waals surface area contributed by atoms with Crippen LogP contribution >= 0.6 is 22.7 Å². The van der Waals surface area contributed by atoms with E-state index in [1.807, 2.05) is 24.3 Å². The van der Waals surface area contributed by atoms with Crippen molar-refractivity contribution >= 4 is 49.1 Å². The zero-order chi connectivity index (χ0) is 19.8. The van der Waals surface area contributed by atoms with Gasteiger partial charge in [-0.1, -0.05) is 12.1 Å². The normalized spacial score (nSPS) is 13.7. The minimum atomic E-state index is -0.322. The summed E-state index contributed by atoms with van der Waals surface area (Å²) in [7, 11) is 0. The van der Waals surface area contributed by atoms with Crippen molar-refractivity contribution in [2.45, 2.75) is 45.1 Å². The van der Waals surface area contributed by atoms with E-state index in [1.54, 1.807) is 22.7 Å². The molecule has 0 saturated heterocycles. The highest BCUT2D eigenvalue weighted by Gasteiger charge is 2.20. The summed E-state index contributed by atoms with van der Waals surface area (Å²) < 4.78 is 6.46. The highest BCUT2D eigenvalue weighted by Crippen LogP contribution is 2.33. The number of nitrogens with zero attached hydrogens (tertiary/aromatic N) is 2. The summed E-state index contributed by atoms with van der Waals surface area (Å²) in [5.74, 6) is 0.0758. The fourth-order valence-corrected chi connectivity index (χ4v) is 5.98. The standard InChI is InChI=1S/C21H19N3O3S2/c25-18(10-9-17-22-13-6-2-4-8-15(13)28-17)27-11-16-23-20(26)19-12-5-1-3-7-14(12)29-21(19)24-16/h2,4,6,8H,1,3,5,7,9-11H2,(H,23,24,26). The summed E-state index contributed by atoms with van der Waals surface area (Å²) in [4.78, 5) is 38.6. The first-order valence-electron chi connectivity index (χ1n) is 9.71. The van der Waals surface area contributed by atoms with Gasteiger partial charge < -0.3 is 9.72 Å². The fraction of sp³-hybridized carbons (Fsp3) is 0.333. The van der Waals surface area contributed by atoms with E-state index >= 15 is 0 Å². The van der Waals surface area contributed by atoms with Crippen molar-refractivity contribution < 1.29 is 9.53 Å². The van der Waals surface area contributed by atoms with E-state index in [-0.39, 0.29) is 24.6 Å². The van der Waals surface area contributed by atoms with Crippen LogP contribution in [0.2, 0.25) is 0 Å². The molecule has 0 amide bonds. The number of fused-ring (bicyclic) bond motifs is 4. The van der Waals surface area contributed by atoms with Gasteiger partial charge in [-0.25, -0.2) is 9.97 Å². The van der Waals surface area contributed by atoms with E-state index in [0.717, 1.165) is 56.7 Å². The minimum absolute atomic E-state index is 0.0214. The van der Waals surface area contributed by atoms with Crippen molar-refractivity contribution in [1.29, 1.82) is 0 Å². The van der Waals surface area contributed by atoms with Gasteiger partial charge in [-0.15, -0.1) is 22.7 Å². The van der Waals surface area contributed by atoms with Crippen LogP contribution in [-0.4, -0.2) is 20.9 Å². The minimum Gasteiger partial charge on any atom is -0.458 e. The van der Waals surface area contributed by atoms with Crippen LogP contribution in [0.5, 0.6) is 0 Å². The number of aromatic amines is 1. The van der Waals surface area contributed by atoms with Crippen LogP contribution < -0.4 is 5.56 Å². The molecule has 0 unspecified atom stereocenters. The first-order chi connectivity index (χ1) is 14.2. The Balaban J connectivity index is 1.24. The fourth-order valence-electron chi connectivity index (χ4n) is 3.73. The number of rotatable bonds is 5. The highest BCUT2D eigenvalue weighted by atomic mass is 32.1. The lowest BCUT2D eigenvalue weighted by Crippen LogP contribution is -2.15. The Morgan fingerprint density at radius 1 is 1.14 bits per heavy atom. The quantitative estimate of drug-likeness (QED) is 0.486. The van der Waals surface area contributed by atoms with Crippen molar-refractivity contribution in [2.75, 3.05) is 0 Å². The van der Waals surface area contributed by atoms with Gasteiger partial charge in [-0.05, 0) is 43.4 Å². The molecule has 6 nitrogen and oxygen atoms in total. The van der Waals surface area contributed by atoms with Crippen LogP contribution in [-0.2, 0) is 35.4 Å². The molecule has 1 N–H and O–H groups in total. The second-order valence-corrected chi connectivity index (χ2v) is 9.34. The smallest absolute Gasteiger partial charge is 0.306 e. The lowest BCUT2D eigenvalue weighted by atomic mass is 9.97. The van der Waals surface area contributed by atoms with Gasteiger partial charge in [-0.3, -0.25) is 9.59 Å². The van der Waals surface area contributed by atoms with E-state index in [0.29, 0.717) is 12.2 Å². The van der Waals surface area contributed by atoms with E-state index in [2.05, 4.69) is 15.0 Å². The molecule has 3 heterocycles. The molecule has 1 aliphatic rings. The number of nitrogens with one attached hydrogen (secondary N) is 1. The Hall–Kier alpha value is -2.58. The zero-order valence-electron chi connectivity index (χ0n) is 15.7. The van der Waals surface area contributed by atoms with Crippen LogP contribution in [0.25, 0.3) is 20.4 Å². The molecule has 3 aromatic heterocycles. The number of para-hydroxylation sites is 1. The molecule has 0 spiro atoms. The van der Waals surface area contributed by atoms with E-state index < -0.39 is 0 Å². The largest absolute Gasteiger partial charge is 0.458 e. The maximum Gasteiger partial charge on any atom is 0.306 e. The second-order valence-electron chi connectivity index (χ2n) is 7.14. The van der Waals surface area contributed by atoms with Gasteiger partial charge >= 0.3 is 5.97 Å². The van der Waals surface area contributed by atoms with E-state index in [9.17, 15) is 9.59 Å². The molecular weight excluding hydrogens is 406 g/mol. The summed E-state index contributed by atoms with van der Waals surface area (Å²) in [6.07, 6.45) is 5.04. The summed E-state index contributed by atoms with van der Waals surface area (Å²) in [5, 5.41) is 1.64. The number of carbonyl (C=O) groups is 1. The maximum absolute atomic E-state index is 12.5. The molecule has 0 aliphatic heterocycles. The molecule has 148 valence electrons. The van der Waals surface area contributed by atoms with Gasteiger partial charge in [0.25, 0.3) is 5.56 Å². The highest BCUT2D eigenvalue weighted by molar-refractivity contribution is 7.19. The molecule has 29 heavy (non-hydrogen) atoms. The molecule has 5 rings (SSSR count). The molecule has 1 aromatic carbocycles. The Bertz CT molecular complexity index is 1240. The number of ether oxygens (including phenoxy) is 1. The lowest BCUT2D eigenvalue weighted by molar-refractivity contribution is -0.145. The number of benzene rings is 1. The third kappa shape index (κ3) is 3.70. The van der Waals surface area contributed by atoms with Crippen molar-refractivity contribution in [3.05, 3.63) is 55.9 Å². The molecule has 0 radical (unpaired) electrons. The number of esters is 1. The van der Waals surface area contributed by atoms with E-state index in [1.165, 1.54) is 4.88 Å². The van der Waals surface area contributed by atoms with Gasteiger partial charge in [-0.2, -0.15) is 0 Å².